The molecule has 0 aliphatic carbocycles. The van der Waals surface area contributed by atoms with Gasteiger partial charge in [0, 0.05) is 41.2 Å². The summed E-state index contributed by atoms with van der Waals surface area (Å²) in [6.45, 7) is 0.649. The number of aromatic amines is 1. The molecule has 0 aliphatic heterocycles. The van der Waals surface area contributed by atoms with Gasteiger partial charge in [0.2, 0.25) is 11.8 Å². The fourth-order valence-corrected chi connectivity index (χ4v) is 6.53. The van der Waals surface area contributed by atoms with E-state index in [2.05, 4.69) is 92.5 Å². The molecule has 0 saturated carbocycles. The van der Waals surface area contributed by atoms with E-state index in [0.29, 0.717) is 34.2 Å². The van der Waals surface area contributed by atoms with E-state index in [0.717, 1.165) is 62.4 Å². The quantitative estimate of drug-likeness (QED) is 0.134. The van der Waals surface area contributed by atoms with Crippen molar-refractivity contribution in [1.82, 2.24) is 39.9 Å². The Morgan fingerprint density at radius 1 is 0.714 bits per heavy atom. The third kappa shape index (κ3) is 8.43. The van der Waals surface area contributed by atoms with Gasteiger partial charge >= 0.3 is 0 Å². The van der Waals surface area contributed by atoms with Gasteiger partial charge < -0.3 is 9.47 Å². The number of pyridine rings is 4. The molecule has 0 saturated heterocycles. The highest BCUT2D eigenvalue weighted by molar-refractivity contribution is 14.1. The summed E-state index contributed by atoms with van der Waals surface area (Å²) in [6.07, 6.45) is 3.30. The Balaban J connectivity index is 0.000000140. The van der Waals surface area contributed by atoms with Crippen LogP contribution in [0.15, 0.2) is 85.2 Å². The minimum Gasteiger partial charge on any atom is -0.481 e. The van der Waals surface area contributed by atoms with Crippen LogP contribution in [-0.2, 0) is 12.4 Å². The van der Waals surface area contributed by atoms with E-state index in [1.165, 1.54) is 0 Å². The monoisotopic (exact) mass is 936 g/mol. The van der Waals surface area contributed by atoms with Gasteiger partial charge in [-0.1, -0.05) is 35.3 Å². The van der Waals surface area contributed by atoms with Crippen molar-refractivity contribution in [3.05, 3.63) is 114 Å². The number of benzene rings is 2. The van der Waals surface area contributed by atoms with Gasteiger partial charge in [-0.15, -0.1) is 11.6 Å². The highest BCUT2D eigenvalue weighted by atomic mass is 127. The lowest BCUT2D eigenvalue weighted by atomic mass is 10.1. The molecule has 0 atom stereocenters. The van der Waals surface area contributed by atoms with Gasteiger partial charge in [-0.25, -0.2) is 9.97 Å². The fourth-order valence-electron chi connectivity index (χ4n) is 4.86. The summed E-state index contributed by atoms with van der Waals surface area (Å²) in [5.41, 5.74) is 7.62. The minimum atomic E-state index is 0.516. The Bertz CT molecular complexity index is 2420. The standard InChI is InChI=1S/C17H12ClIN4O.C10H7Cl2N.C7H6IN3O/c1-24-15-5-4-14-16(21-15)17(19)22-23(14)9-10-2-3-13-11(6-10)7-12(18)8-20-13;11-5-7-1-2-10-8(3-7)4-9(12)6-13-10;1-12-5-3-2-4-6(9-5)7(8)11-10-4/h2-8H,9H2,1H3;1-4,6H,5H2;2-3H,1H3,(H,10,11). The first-order valence-electron chi connectivity index (χ1n) is 14.5. The van der Waals surface area contributed by atoms with Crippen molar-refractivity contribution >= 4 is 124 Å². The van der Waals surface area contributed by atoms with Crippen molar-refractivity contribution in [2.75, 3.05) is 14.2 Å². The van der Waals surface area contributed by atoms with E-state index < -0.39 is 0 Å². The average molecular weight is 938 g/mol. The number of fused-ring (bicyclic) bond motifs is 4. The zero-order valence-electron chi connectivity index (χ0n) is 25.8. The van der Waals surface area contributed by atoms with Crippen LogP contribution >= 0.6 is 80.0 Å². The molecule has 0 spiro atoms. The smallest absolute Gasteiger partial charge is 0.213 e. The lowest BCUT2D eigenvalue weighted by molar-refractivity contribution is 0.399. The molecule has 10 nitrogen and oxygen atoms in total. The number of ether oxygens (including phenoxy) is 2. The van der Waals surface area contributed by atoms with Crippen LogP contribution in [0.5, 0.6) is 11.8 Å². The van der Waals surface area contributed by atoms with Crippen LogP contribution in [-0.4, -0.2) is 54.1 Å². The second-order valence-corrected chi connectivity index (χ2v) is 13.7. The lowest BCUT2D eigenvalue weighted by Crippen LogP contribution is -2.02. The Morgan fingerprint density at radius 3 is 1.92 bits per heavy atom. The molecule has 6 aromatic heterocycles. The summed E-state index contributed by atoms with van der Waals surface area (Å²) in [5.74, 6) is 1.72. The predicted octanol–water partition coefficient (Wildman–Crippen LogP) is 9.49. The van der Waals surface area contributed by atoms with Crippen molar-refractivity contribution in [3.8, 4) is 11.8 Å². The summed E-state index contributed by atoms with van der Waals surface area (Å²) < 4.78 is 13.9. The maximum absolute atomic E-state index is 6.04. The summed E-state index contributed by atoms with van der Waals surface area (Å²) >= 11 is 21.9. The number of aromatic nitrogens is 8. The van der Waals surface area contributed by atoms with E-state index >= 15 is 0 Å². The molecule has 0 bridgehead atoms. The number of hydrogen-bond donors (Lipinski definition) is 1. The van der Waals surface area contributed by atoms with Crippen LogP contribution in [0.1, 0.15) is 11.1 Å². The van der Waals surface area contributed by atoms with E-state index in [1.54, 1.807) is 32.7 Å². The van der Waals surface area contributed by atoms with Crippen molar-refractivity contribution in [1.29, 1.82) is 0 Å². The van der Waals surface area contributed by atoms with Crippen molar-refractivity contribution in [3.63, 3.8) is 0 Å². The van der Waals surface area contributed by atoms with E-state index in [1.807, 2.05) is 59.3 Å². The van der Waals surface area contributed by atoms with Gasteiger partial charge in [0.1, 0.15) is 24.0 Å². The molecule has 0 amide bonds. The van der Waals surface area contributed by atoms with Crippen LogP contribution in [0.4, 0.5) is 0 Å². The Hall–Kier alpha value is -3.57. The molecular formula is C34H25Cl3I2N8O2. The number of methoxy groups -OCH3 is 2. The van der Waals surface area contributed by atoms with Gasteiger partial charge in [-0.3, -0.25) is 19.7 Å². The third-order valence-electron chi connectivity index (χ3n) is 7.19. The molecule has 248 valence electrons. The zero-order chi connectivity index (χ0) is 34.5. The number of hydrogen-bond acceptors (Lipinski definition) is 8. The topological polar surface area (TPSA) is 117 Å². The predicted molar refractivity (Wildman–Crippen MR) is 212 cm³/mol. The third-order valence-corrected chi connectivity index (χ3v) is 9.39. The number of halogens is 5. The molecule has 1 N–H and O–H groups in total. The van der Waals surface area contributed by atoms with E-state index in [9.17, 15) is 0 Å². The van der Waals surface area contributed by atoms with Crippen LogP contribution in [0.3, 0.4) is 0 Å². The second-order valence-electron chi connectivity index (χ2n) is 10.4. The van der Waals surface area contributed by atoms with E-state index in [-0.39, 0.29) is 0 Å². The molecule has 0 fully saturated rings. The fraction of sp³-hybridized carbons (Fsp3) is 0.118. The summed E-state index contributed by atoms with van der Waals surface area (Å²) in [4.78, 5) is 17.2. The normalized spacial score (nSPS) is 10.9. The largest absolute Gasteiger partial charge is 0.481 e. The zero-order valence-corrected chi connectivity index (χ0v) is 32.4. The van der Waals surface area contributed by atoms with Gasteiger partial charge in [0.05, 0.1) is 47.4 Å². The van der Waals surface area contributed by atoms with Crippen LogP contribution in [0.25, 0.3) is 43.9 Å². The van der Waals surface area contributed by atoms with Crippen molar-refractivity contribution in [2.24, 2.45) is 0 Å². The van der Waals surface area contributed by atoms with Gasteiger partial charge in [-0.2, -0.15) is 10.2 Å². The molecule has 8 aromatic rings. The lowest BCUT2D eigenvalue weighted by Gasteiger charge is -2.06. The van der Waals surface area contributed by atoms with Crippen LogP contribution in [0, 0.1) is 7.40 Å². The maximum atomic E-state index is 6.04. The molecule has 0 aliphatic rings. The van der Waals surface area contributed by atoms with Gasteiger partial charge in [0.15, 0.2) is 0 Å². The number of nitrogens with one attached hydrogen (secondary N) is 1. The van der Waals surface area contributed by atoms with E-state index in [4.69, 9.17) is 44.3 Å². The van der Waals surface area contributed by atoms with Crippen LogP contribution in [0.2, 0.25) is 10.0 Å². The second kappa shape index (κ2) is 16.0. The maximum Gasteiger partial charge on any atom is 0.213 e. The Kier molecular flexibility index (Phi) is 11.5. The first kappa shape index (κ1) is 35.3. The molecule has 49 heavy (non-hydrogen) atoms. The molecular weight excluding hydrogens is 913 g/mol. The number of rotatable bonds is 5. The minimum absolute atomic E-state index is 0.516. The molecule has 8 rings (SSSR count). The number of alkyl halides is 1. The number of H-pyrrole nitrogens is 1. The highest BCUT2D eigenvalue weighted by Gasteiger charge is 2.12. The van der Waals surface area contributed by atoms with Gasteiger partial charge in [-0.05, 0) is 105 Å². The molecule has 0 unspecified atom stereocenters. The molecule has 2 aromatic carbocycles. The molecule has 15 heteroatoms. The Labute approximate surface area is 322 Å². The average Bonchev–Trinajstić information content (AvgIpc) is 3.65. The first-order valence-corrected chi connectivity index (χ1v) is 18.0. The summed E-state index contributed by atoms with van der Waals surface area (Å²) in [6, 6.07) is 23.4. The highest BCUT2D eigenvalue weighted by Crippen LogP contribution is 2.24. The molecule has 6 heterocycles. The van der Waals surface area contributed by atoms with Crippen molar-refractivity contribution in [2.45, 2.75) is 12.4 Å². The summed E-state index contributed by atoms with van der Waals surface area (Å²) in [7, 11) is 3.21. The van der Waals surface area contributed by atoms with Crippen LogP contribution < -0.4 is 9.47 Å². The van der Waals surface area contributed by atoms with Gasteiger partial charge in [0.25, 0.3) is 0 Å². The SMILES string of the molecule is COc1ccc2c(n1)c(I)nn2Cc1ccc2ncc(Cl)cc2c1.COc1ccc2n[nH]c(I)c2n1.ClCc1ccc2ncc(Cl)cc2c1. The first-order chi connectivity index (χ1) is 23.7. The molecule has 0 radical (unpaired) electrons. The number of nitrogens with zero attached hydrogens (tertiary/aromatic N) is 7. The van der Waals surface area contributed by atoms with Crippen molar-refractivity contribution < 1.29 is 9.47 Å². The Morgan fingerprint density at radius 2 is 1.29 bits per heavy atom. The summed E-state index contributed by atoms with van der Waals surface area (Å²) in [5, 5.41) is 14.8.